The molecule has 0 aliphatic carbocycles. The highest BCUT2D eigenvalue weighted by Gasteiger charge is 2.23. The number of nitrogens with zero attached hydrogens (tertiary/aromatic N) is 1. The normalized spacial score (nSPS) is 21.4. The third kappa shape index (κ3) is 4.30. The van der Waals surface area contributed by atoms with Gasteiger partial charge in [-0.1, -0.05) is 36.8 Å². The lowest BCUT2D eigenvalue weighted by Crippen LogP contribution is -2.45. The van der Waals surface area contributed by atoms with Gasteiger partial charge in [0.25, 0.3) is 0 Å². The van der Waals surface area contributed by atoms with E-state index in [4.69, 9.17) is 0 Å². The number of hydrogen-bond donors (Lipinski definition) is 2. The van der Waals surface area contributed by atoms with Crippen LogP contribution in [0.25, 0.3) is 0 Å². The summed E-state index contributed by atoms with van der Waals surface area (Å²) >= 11 is 0. The molecule has 0 spiro atoms. The molecule has 112 valence electrons. The van der Waals surface area contributed by atoms with Crippen molar-refractivity contribution in [1.29, 1.82) is 0 Å². The maximum absolute atomic E-state index is 10.5. The highest BCUT2D eigenvalue weighted by Crippen LogP contribution is 2.19. The molecule has 0 saturated carbocycles. The van der Waals surface area contributed by atoms with E-state index in [1.807, 2.05) is 37.3 Å². The van der Waals surface area contributed by atoms with Crippen molar-refractivity contribution in [2.24, 2.45) is 0 Å². The molecule has 1 heterocycles. The van der Waals surface area contributed by atoms with E-state index >= 15 is 0 Å². The minimum atomic E-state index is -0.803. The van der Waals surface area contributed by atoms with Gasteiger partial charge in [-0.2, -0.15) is 0 Å². The molecule has 1 aliphatic heterocycles. The molecule has 1 aromatic rings. The minimum absolute atomic E-state index is 0.543. The van der Waals surface area contributed by atoms with Crippen LogP contribution < -0.4 is 5.32 Å². The second-order valence-corrected chi connectivity index (χ2v) is 6.22. The molecule has 3 nitrogen and oxygen atoms in total. The van der Waals surface area contributed by atoms with Crippen molar-refractivity contribution in [2.75, 3.05) is 26.2 Å². The van der Waals surface area contributed by atoms with Gasteiger partial charge in [-0.25, -0.2) is 0 Å². The van der Waals surface area contributed by atoms with Gasteiger partial charge >= 0.3 is 0 Å². The lowest BCUT2D eigenvalue weighted by atomic mass is 9.96. The van der Waals surface area contributed by atoms with Crippen LogP contribution in [-0.4, -0.2) is 42.2 Å². The van der Waals surface area contributed by atoms with Gasteiger partial charge < -0.3 is 10.4 Å². The van der Waals surface area contributed by atoms with Gasteiger partial charge in [-0.15, -0.1) is 0 Å². The Bertz CT molecular complexity index is 385. The molecule has 2 unspecified atom stereocenters. The molecule has 0 radical (unpaired) electrons. The topological polar surface area (TPSA) is 35.5 Å². The molecule has 1 aromatic carbocycles. The van der Waals surface area contributed by atoms with Gasteiger partial charge in [0.05, 0.1) is 5.60 Å². The summed E-state index contributed by atoms with van der Waals surface area (Å²) in [4.78, 5) is 2.55. The third-order valence-corrected chi connectivity index (χ3v) is 4.32. The Kier molecular flexibility index (Phi) is 5.58. The van der Waals surface area contributed by atoms with E-state index in [0.717, 1.165) is 12.1 Å². The van der Waals surface area contributed by atoms with Crippen molar-refractivity contribution in [3.8, 4) is 0 Å². The highest BCUT2D eigenvalue weighted by atomic mass is 16.3. The van der Waals surface area contributed by atoms with Crippen LogP contribution in [0.15, 0.2) is 30.3 Å². The molecular formula is C17H28N2O. The van der Waals surface area contributed by atoms with E-state index in [-0.39, 0.29) is 0 Å². The maximum atomic E-state index is 10.5. The molecule has 20 heavy (non-hydrogen) atoms. The monoisotopic (exact) mass is 276 g/mol. The molecule has 1 aliphatic rings. The molecule has 2 rings (SSSR count). The number of rotatable bonds is 6. The standard InChI is InChI=1S/C17H28N2O/c1-15(19-11-7-4-8-12-19)13-18-14-17(2,20)16-9-5-3-6-10-16/h3,5-6,9-10,15,18,20H,4,7-8,11-14H2,1-2H3. The average Bonchev–Trinajstić information content (AvgIpc) is 2.49. The largest absolute Gasteiger partial charge is 0.384 e. The number of benzene rings is 1. The quantitative estimate of drug-likeness (QED) is 0.837. The summed E-state index contributed by atoms with van der Waals surface area (Å²) in [6, 6.07) is 10.4. The van der Waals surface area contributed by atoms with Gasteiger partial charge in [0, 0.05) is 19.1 Å². The Labute approximate surface area is 123 Å². The molecule has 2 atom stereocenters. The Morgan fingerprint density at radius 3 is 2.50 bits per heavy atom. The molecule has 0 aromatic heterocycles. The lowest BCUT2D eigenvalue weighted by molar-refractivity contribution is 0.0541. The fourth-order valence-electron chi connectivity index (χ4n) is 2.91. The number of likely N-dealkylation sites (tertiary alicyclic amines) is 1. The predicted molar refractivity (Wildman–Crippen MR) is 83.8 cm³/mol. The minimum Gasteiger partial charge on any atom is -0.384 e. The van der Waals surface area contributed by atoms with Gasteiger partial charge in [0.2, 0.25) is 0 Å². The van der Waals surface area contributed by atoms with E-state index in [1.54, 1.807) is 0 Å². The molecule has 0 amide bonds. The van der Waals surface area contributed by atoms with Crippen LogP contribution in [0.4, 0.5) is 0 Å². The fourth-order valence-corrected chi connectivity index (χ4v) is 2.91. The Hall–Kier alpha value is -0.900. The van der Waals surface area contributed by atoms with Crippen LogP contribution in [-0.2, 0) is 5.60 Å². The first-order valence-corrected chi connectivity index (χ1v) is 7.82. The van der Waals surface area contributed by atoms with E-state index in [9.17, 15) is 5.11 Å². The van der Waals surface area contributed by atoms with Crippen molar-refractivity contribution < 1.29 is 5.11 Å². The summed E-state index contributed by atoms with van der Waals surface area (Å²) in [6.07, 6.45) is 4.03. The molecular weight excluding hydrogens is 248 g/mol. The SMILES string of the molecule is CC(CNCC(C)(O)c1ccccc1)N1CCCCC1. The summed E-state index contributed by atoms with van der Waals surface area (Å²) in [6.45, 7) is 8.12. The number of nitrogens with one attached hydrogen (secondary N) is 1. The first-order chi connectivity index (χ1) is 9.59. The second kappa shape index (κ2) is 7.21. The first-order valence-electron chi connectivity index (χ1n) is 7.82. The van der Waals surface area contributed by atoms with E-state index in [0.29, 0.717) is 12.6 Å². The summed E-state index contributed by atoms with van der Waals surface area (Å²) < 4.78 is 0. The zero-order chi connectivity index (χ0) is 14.4. The van der Waals surface area contributed by atoms with Crippen molar-refractivity contribution in [3.63, 3.8) is 0 Å². The summed E-state index contributed by atoms with van der Waals surface area (Å²) in [7, 11) is 0. The third-order valence-electron chi connectivity index (χ3n) is 4.32. The van der Waals surface area contributed by atoms with Crippen LogP contribution >= 0.6 is 0 Å². The molecule has 1 saturated heterocycles. The second-order valence-electron chi connectivity index (χ2n) is 6.22. The molecule has 0 bridgehead atoms. The van der Waals surface area contributed by atoms with E-state index in [1.165, 1.54) is 32.4 Å². The van der Waals surface area contributed by atoms with Gasteiger partial charge in [0.15, 0.2) is 0 Å². The number of piperidine rings is 1. The summed E-state index contributed by atoms with van der Waals surface area (Å²) in [5.74, 6) is 0. The van der Waals surface area contributed by atoms with Gasteiger partial charge in [-0.05, 0) is 45.3 Å². The van der Waals surface area contributed by atoms with Crippen LogP contribution in [0.5, 0.6) is 0 Å². The van der Waals surface area contributed by atoms with Crippen molar-refractivity contribution in [3.05, 3.63) is 35.9 Å². The Morgan fingerprint density at radius 1 is 1.20 bits per heavy atom. The van der Waals surface area contributed by atoms with Crippen molar-refractivity contribution >= 4 is 0 Å². The lowest BCUT2D eigenvalue weighted by Gasteiger charge is -2.33. The summed E-state index contributed by atoms with van der Waals surface area (Å²) in [5, 5.41) is 14.0. The van der Waals surface area contributed by atoms with Crippen LogP contribution in [0.3, 0.4) is 0 Å². The Morgan fingerprint density at radius 2 is 1.85 bits per heavy atom. The van der Waals surface area contributed by atoms with Gasteiger partial charge in [0.1, 0.15) is 0 Å². The molecule has 2 N–H and O–H groups in total. The first kappa shape index (κ1) is 15.5. The molecule has 3 heteroatoms. The zero-order valence-electron chi connectivity index (χ0n) is 12.8. The number of aliphatic hydroxyl groups is 1. The van der Waals surface area contributed by atoms with E-state index < -0.39 is 5.60 Å². The van der Waals surface area contributed by atoms with Gasteiger partial charge in [-0.3, -0.25) is 4.90 Å². The highest BCUT2D eigenvalue weighted by molar-refractivity contribution is 5.21. The van der Waals surface area contributed by atoms with Crippen molar-refractivity contribution in [2.45, 2.75) is 44.8 Å². The van der Waals surface area contributed by atoms with Crippen LogP contribution in [0, 0.1) is 0 Å². The molecule has 1 fully saturated rings. The fraction of sp³-hybridized carbons (Fsp3) is 0.647. The zero-order valence-corrected chi connectivity index (χ0v) is 12.8. The van der Waals surface area contributed by atoms with E-state index in [2.05, 4.69) is 17.1 Å². The van der Waals surface area contributed by atoms with Crippen molar-refractivity contribution in [1.82, 2.24) is 10.2 Å². The average molecular weight is 276 g/mol. The number of hydrogen-bond acceptors (Lipinski definition) is 3. The smallest absolute Gasteiger partial charge is 0.0992 e. The Balaban J connectivity index is 1.77. The summed E-state index contributed by atoms with van der Waals surface area (Å²) in [5.41, 5.74) is 0.168. The van der Waals surface area contributed by atoms with Crippen LogP contribution in [0.2, 0.25) is 0 Å². The predicted octanol–water partition coefficient (Wildman–Crippen LogP) is 2.36. The maximum Gasteiger partial charge on any atom is 0.0992 e. The van der Waals surface area contributed by atoms with Crippen LogP contribution in [0.1, 0.15) is 38.7 Å².